The normalized spacial score (nSPS) is 11.8. The smallest absolute Gasteiger partial charge is 0.325 e. The molecule has 1 heterocycles. The van der Waals surface area contributed by atoms with Crippen LogP contribution in [0.15, 0.2) is 24.3 Å². The van der Waals surface area contributed by atoms with E-state index < -0.39 is 5.97 Å². The maximum Gasteiger partial charge on any atom is 0.325 e. The minimum Gasteiger partial charge on any atom is -0.496 e. The second kappa shape index (κ2) is 15.1. The number of benzene rings is 1. The zero-order valence-corrected chi connectivity index (χ0v) is 24.6. The molecular formula is C29H44N4O6. The van der Waals surface area contributed by atoms with Gasteiger partial charge in [-0.15, -0.1) is 0 Å². The molecule has 10 nitrogen and oxygen atoms in total. The van der Waals surface area contributed by atoms with Gasteiger partial charge in [-0.3, -0.25) is 19.1 Å². The number of aromatic nitrogens is 2. The van der Waals surface area contributed by atoms with Crippen LogP contribution >= 0.6 is 0 Å². The van der Waals surface area contributed by atoms with E-state index in [0.717, 1.165) is 24.1 Å². The van der Waals surface area contributed by atoms with Gasteiger partial charge in [0.2, 0.25) is 5.91 Å². The van der Waals surface area contributed by atoms with Gasteiger partial charge >= 0.3 is 5.97 Å². The molecule has 1 aromatic heterocycles. The molecule has 2 rings (SSSR count). The van der Waals surface area contributed by atoms with Gasteiger partial charge < -0.3 is 24.4 Å². The number of nitrogens with zero attached hydrogens (tertiary/aromatic N) is 3. The lowest BCUT2D eigenvalue weighted by atomic mass is 9.99. The molecule has 0 spiro atoms. The quantitative estimate of drug-likeness (QED) is 0.335. The fourth-order valence-corrected chi connectivity index (χ4v) is 4.55. The Bertz CT molecular complexity index is 1090. The Morgan fingerprint density at radius 3 is 2.18 bits per heavy atom. The molecule has 0 saturated carbocycles. The monoisotopic (exact) mass is 544 g/mol. The Labute approximate surface area is 232 Å². The molecule has 1 aromatic carbocycles. The van der Waals surface area contributed by atoms with E-state index in [1.165, 1.54) is 7.11 Å². The second-order valence-electron chi connectivity index (χ2n) is 10.1. The average Bonchev–Trinajstić information content (AvgIpc) is 3.35. The fraction of sp³-hybridized carbons (Fsp3) is 0.586. The third-order valence-corrected chi connectivity index (χ3v) is 6.96. The fourth-order valence-electron chi connectivity index (χ4n) is 4.55. The Kier molecular flexibility index (Phi) is 12.3. The van der Waals surface area contributed by atoms with Gasteiger partial charge in [0, 0.05) is 26.1 Å². The number of carbonyl (C=O) groups is 3. The van der Waals surface area contributed by atoms with Crippen LogP contribution in [0, 0.1) is 11.8 Å². The van der Waals surface area contributed by atoms with Crippen molar-refractivity contribution in [3.63, 3.8) is 0 Å². The van der Waals surface area contributed by atoms with Crippen molar-refractivity contribution in [2.75, 3.05) is 34.9 Å². The summed E-state index contributed by atoms with van der Waals surface area (Å²) in [5.74, 6) is 0.691. The first-order chi connectivity index (χ1) is 18.6. The second-order valence-corrected chi connectivity index (χ2v) is 10.1. The predicted octanol–water partition coefficient (Wildman–Crippen LogP) is 4.17. The number of nitrogens with one attached hydrogen (secondary N) is 1. The van der Waals surface area contributed by atoms with E-state index in [4.69, 9.17) is 14.6 Å². The molecule has 216 valence electrons. The van der Waals surface area contributed by atoms with Crippen LogP contribution in [0.4, 0.5) is 0 Å². The van der Waals surface area contributed by atoms with E-state index >= 15 is 0 Å². The Hall–Kier alpha value is -3.56. The highest BCUT2D eigenvalue weighted by Crippen LogP contribution is 2.39. The van der Waals surface area contributed by atoms with Crippen molar-refractivity contribution in [3.8, 4) is 22.8 Å². The maximum atomic E-state index is 13.8. The van der Waals surface area contributed by atoms with Crippen LogP contribution in [0.5, 0.6) is 11.5 Å². The highest BCUT2D eigenvalue weighted by Gasteiger charge is 2.29. The van der Waals surface area contributed by atoms with Crippen LogP contribution < -0.4 is 14.8 Å². The molecular weight excluding hydrogens is 500 g/mol. The number of ether oxygens (including phenoxy) is 3. The van der Waals surface area contributed by atoms with Gasteiger partial charge in [-0.25, -0.2) is 0 Å². The van der Waals surface area contributed by atoms with Gasteiger partial charge in [-0.1, -0.05) is 46.6 Å². The van der Waals surface area contributed by atoms with Crippen LogP contribution in [0.1, 0.15) is 63.9 Å². The zero-order chi connectivity index (χ0) is 29.1. The molecule has 0 aliphatic rings. The van der Waals surface area contributed by atoms with E-state index in [-0.39, 0.29) is 42.4 Å². The lowest BCUT2D eigenvalue weighted by Crippen LogP contribution is -2.42. The molecule has 2 amide bonds. The molecule has 0 radical (unpaired) electrons. The first-order valence-electron chi connectivity index (χ1n) is 13.5. The summed E-state index contributed by atoms with van der Waals surface area (Å²) < 4.78 is 17.8. The third kappa shape index (κ3) is 8.46. The van der Waals surface area contributed by atoms with E-state index in [1.807, 2.05) is 36.7 Å². The van der Waals surface area contributed by atoms with Crippen molar-refractivity contribution < 1.29 is 28.6 Å². The van der Waals surface area contributed by atoms with Crippen molar-refractivity contribution in [1.82, 2.24) is 20.0 Å². The summed E-state index contributed by atoms with van der Waals surface area (Å²) in [4.78, 5) is 39.4. The van der Waals surface area contributed by atoms with Gasteiger partial charge in [-0.2, -0.15) is 5.10 Å². The summed E-state index contributed by atoms with van der Waals surface area (Å²) in [6.07, 6.45) is 2.60. The molecule has 0 bridgehead atoms. The topological polar surface area (TPSA) is 112 Å². The van der Waals surface area contributed by atoms with Crippen LogP contribution in [-0.2, 0) is 20.9 Å². The number of carbonyl (C=O) groups excluding carboxylic acids is 3. The first-order valence-corrected chi connectivity index (χ1v) is 13.5. The van der Waals surface area contributed by atoms with Crippen molar-refractivity contribution >= 4 is 17.8 Å². The predicted molar refractivity (Wildman–Crippen MR) is 150 cm³/mol. The van der Waals surface area contributed by atoms with Gasteiger partial charge in [0.1, 0.15) is 18.0 Å². The summed E-state index contributed by atoms with van der Waals surface area (Å²) in [5.41, 5.74) is 1.72. The Balaban J connectivity index is 2.47. The lowest BCUT2D eigenvalue weighted by Gasteiger charge is -2.28. The highest BCUT2D eigenvalue weighted by atomic mass is 16.5. The van der Waals surface area contributed by atoms with Gasteiger partial charge in [0.15, 0.2) is 5.69 Å². The van der Waals surface area contributed by atoms with Crippen molar-refractivity contribution in [3.05, 3.63) is 30.0 Å². The van der Waals surface area contributed by atoms with E-state index in [9.17, 15) is 14.4 Å². The van der Waals surface area contributed by atoms with E-state index in [2.05, 4.69) is 23.9 Å². The van der Waals surface area contributed by atoms with Crippen molar-refractivity contribution in [1.29, 1.82) is 0 Å². The Morgan fingerprint density at radius 2 is 1.67 bits per heavy atom. The standard InChI is InChI=1S/C29H44N4O6/c1-9-20(10-2)18-33-23(28-24(37-6)12-11-13-25(28)38-7)16-22(31-33)29(36)32(5)21(14-19(3)4)15-26(34)30-17-27(35)39-8/h11-13,16,19-21H,9-10,14-15,17-18H2,1-8H3,(H,30,34)/t21-/m0/s1. The van der Waals surface area contributed by atoms with Crippen LogP contribution in [0.3, 0.4) is 0 Å². The number of hydrogen-bond donors (Lipinski definition) is 1. The summed E-state index contributed by atoms with van der Waals surface area (Å²) in [6, 6.07) is 6.94. The number of methoxy groups -OCH3 is 3. The molecule has 2 aromatic rings. The molecule has 0 fully saturated rings. The molecule has 0 aliphatic carbocycles. The van der Waals surface area contributed by atoms with Crippen molar-refractivity contribution in [2.45, 2.75) is 66.0 Å². The van der Waals surface area contributed by atoms with Gasteiger partial charge in [0.25, 0.3) is 5.91 Å². The van der Waals surface area contributed by atoms with E-state index in [1.54, 1.807) is 32.2 Å². The van der Waals surface area contributed by atoms with Crippen LogP contribution in [0.2, 0.25) is 0 Å². The number of rotatable bonds is 15. The molecule has 0 unspecified atom stereocenters. The van der Waals surface area contributed by atoms with Gasteiger partial charge in [0.05, 0.1) is 32.6 Å². The van der Waals surface area contributed by atoms with Gasteiger partial charge in [-0.05, 0) is 36.5 Å². The number of hydrogen-bond acceptors (Lipinski definition) is 7. The Morgan fingerprint density at radius 1 is 1.05 bits per heavy atom. The average molecular weight is 545 g/mol. The summed E-state index contributed by atoms with van der Waals surface area (Å²) in [6.45, 7) is 8.77. The molecule has 10 heteroatoms. The molecule has 0 saturated heterocycles. The van der Waals surface area contributed by atoms with Crippen LogP contribution in [-0.4, -0.2) is 73.4 Å². The van der Waals surface area contributed by atoms with Crippen LogP contribution in [0.25, 0.3) is 11.3 Å². The highest BCUT2D eigenvalue weighted by molar-refractivity contribution is 5.94. The summed E-state index contributed by atoms with van der Waals surface area (Å²) in [7, 11) is 6.15. The largest absolute Gasteiger partial charge is 0.496 e. The molecule has 39 heavy (non-hydrogen) atoms. The minimum absolute atomic E-state index is 0.0546. The zero-order valence-electron chi connectivity index (χ0n) is 24.6. The molecule has 0 aliphatic heterocycles. The number of amides is 2. The minimum atomic E-state index is -0.532. The SMILES string of the molecule is CCC(CC)Cn1nc(C(=O)N(C)[C@H](CC(=O)NCC(=O)OC)CC(C)C)cc1-c1c(OC)cccc1OC. The lowest BCUT2D eigenvalue weighted by molar-refractivity contribution is -0.141. The van der Waals surface area contributed by atoms with E-state index in [0.29, 0.717) is 30.4 Å². The first kappa shape index (κ1) is 31.7. The maximum absolute atomic E-state index is 13.8. The molecule has 1 N–H and O–H groups in total. The third-order valence-electron chi connectivity index (χ3n) is 6.96. The number of esters is 1. The molecule has 1 atom stereocenters. The van der Waals surface area contributed by atoms with Crippen molar-refractivity contribution in [2.24, 2.45) is 11.8 Å². The summed E-state index contributed by atoms with van der Waals surface area (Å²) in [5, 5.41) is 7.32. The summed E-state index contributed by atoms with van der Waals surface area (Å²) >= 11 is 0.